The van der Waals surface area contributed by atoms with Crippen molar-refractivity contribution in [1.82, 2.24) is 0 Å². The molecule has 0 amide bonds. The fourth-order valence-corrected chi connectivity index (χ4v) is 7.88. The molecule has 17 nitrogen and oxygen atoms in total. The number of aliphatic carboxylic acids is 1. The summed E-state index contributed by atoms with van der Waals surface area (Å²) in [7, 11) is 0. The Bertz CT molecular complexity index is 1920. The van der Waals surface area contributed by atoms with Gasteiger partial charge in [-0.2, -0.15) is 4.89 Å². The summed E-state index contributed by atoms with van der Waals surface area (Å²) in [6.07, 6.45) is -8.34. The first-order chi connectivity index (χ1) is 27.2. The van der Waals surface area contributed by atoms with Crippen molar-refractivity contribution >= 4 is 11.9 Å². The van der Waals surface area contributed by atoms with Crippen molar-refractivity contribution in [2.24, 2.45) is 5.73 Å². The number of phenols is 1. The molecule has 0 radical (unpaired) electrons. The van der Waals surface area contributed by atoms with Gasteiger partial charge in [0, 0.05) is 42.3 Å². The molecule has 0 spiro atoms. The molecule has 3 aromatic carbocycles. The summed E-state index contributed by atoms with van der Waals surface area (Å²) in [6.45, 7) is 0.341. The Hall–Kier alpha value is -4.88. The lowest BCUT2D eigenvalue weighted by Crippen LogP contribution is -2.63. The van der Waals surface area contributed by atoms with Gasteiger partial charge in [-0.15, -0.1) is 0 Å². The number of nitrogens with two attached hydrogens (primary N) is 1. The summed E-state index contributed by atoms with van der Waals surface area (Å²) in [4.78, 5) is 35.9. The second-order valence-electron chi connectivity index (χ2n) is 14.2. The van der Waals surface area contributed by atoms with Crippen molar-refractivity contribution in [3.63, 3.8) is 0 Å². The molecule has 17 heteroatoms. The summed E-state index contributed by atoms with van der Waals surface area (Å²) in [5, 5.41) is 41.0. The molecule has 5 heterocycles. The van der Waals surface area contributed by atoms with Gasteiger partial charge >= 0.3 is 11.9 Å². The van der Waals surface area contributed by atoms with Crippen molar-refractivity contribution < 1.29 is 77.7 Å². The minimum absolute atomic E-state index is 0.00843. The molecule has 300 valence electrons. The van der Waals surface area contributed by atoms with Gasteiger partial charge in [0.15, 0.2) is 29.6 Å². The third kappa shape index (κ3) is 7.75. The number of aliphatic hydroxyl groups excluding tert-OH is 2. The number of carboxylic acids is 1. The zero-order valence-electron chi connectivity index (χ0n) is 30.2. The third-order valence-corrected chi connectivity index (χ3v) is 10.5. The van der Waals surface area contributed by atoms with Crippen LogP contribution in [0.4, 0.5) is 0 Å². The molecule has 0 aromatic heterocycles. The van der Waals surface area contributed by atoms with E-state index in [0.717, 1.165) is 11.1 Å². The Kier molecular flexibility index (Phi) is 11.1. The van der Waals surface area contributed by atoms with Crippen molar-refractivity contribution in [3.05, 3.63) is 70.8 Å². The van der Waals surface area contributed by atoms with Crippen molar-refractivity contribution in [1.29, 1.82) is 0 Å². The highest BCUT2D eigenvalue weighted by Gasteiger charge is 2.54. The second-order valence-corrected chi connectivity index (χ2v) is 14.2. The lowest BCUT2D eigenvalue weighted by Gasteiger charge is -2.44. The molecule has 2 saturated heterocycles. The number of carboxylic acid groups (broad SMARTS) is 1. The van der Waals surface area contributed by atoms with E-state index < -0.39 is 67.4 Å². The number of fused-ring (bicyclic) bond motifs is 7. The van der Waals surface area contributed by atoms with Crippen LogP contribution in [0.5, 0.6) is 34.5 Å². The van der Waals surface area contributed by atoms with E-state index in [1.807, 2.05) is 24.3 Å². The number of rotatable bonds is 13. The van der Waals surface area contributed by atoms with Gasteiger partial charge in [-0.1, -0.05) is 12.1 Å². The number of hydrogen-bond donors (Lipinski definition) is 5. The summed E-state index contributed by atoms with van der Waals surface area (Å²) in [5.74, 6) is 0.250. The van der Waals surface area contributed by atoms with Crippen molar-refractivity contribution in [2.75, 3.05) is 33.2 Å². The van der Waals surface area contributed by atoms with Crippen molar-refractivity contribution in [2.45, 2.75) is 87.0 Å². The fourth-order valence-electron chi connectivity index (χ4n) is 7.88. The van der Waals surface area contributed by atoms with Crippen LogP contribution in [0, 0.1) is 0 Å². The fraction of sp³-hybridized carbons (Fsp3) is 0.487. The SMILES string of the molecule is NCCOC1OC2C(OC(=O)CC(=O)O)CCC(CCO)OC2C(O)C1OOc1cc2c(cc1Cc1cccc(O)c1)OCC1c3cc4c(cc3OC21)OCO4. The van der Waals surface area contributed by atoms with Gasteiger partial charge in [0.1, 0.15) is 54.2 Å². The molecule has 56 heavy (non-hydrogen) atoms. The predicted octanol–water partition coefficient (Wildman–Crippen LogP) is 2.38. The first-order valence-electron chi connectivity index (χ1n) is 18.5. The van der Waals surface area contributed by atoms with E-state index in [1.54, 1.807) is 24.3 Å². The maximum absolute atomic E-state index is 12.5. The molecule has 9 unspecified atom stereocenters. The van der Waals surface area contributed by atoms with Crippen molar-refractivity contribution in [3.8, 4) is 34.5 Å². The molecule has 6 N–H and O–H groups in total. The van der Waals surface area contributed by atoms with Gasteiger partial charge in [0.2, 0.25) is 6.79 Å². The maximum Gasteiger partial charge on any atom is 0.317 e. The smallest absolute Gasteiger partial charge is 0.317 e. The highest BCUT2D eigenvalue weighted by Crippen LogP contribution is 2.55. The first-order valence-corrected chi connectivity index (χ1v) is 18.5. The van der Waals surface area contributed by atoms with Gasteiger partial charge in [-0.3, -0.25) is 9.59 Å². The lowest BCUT2D eigenvalue weighted by atomic mass is 9.88. The molecule has 0 saturated carbocycles. The molecule has 8 rings (SSSR count). The number of carbonyl (C=O) groups excluding carboxylic acids is 1. The summed E-state index contributed by atoms with van der Waals surface area (Å²) in [5.41, 5.74) is 8.74. The van der Waals surface area contributed by atoms with E-state index in [2.05, 4.69) is 0 Å². The summed E-state index contributed by atoms with van der Waals surface area (Å²) >= 11 is 0. The number of ether oxygens (including phenoxy) is 8. The number of phenolic OH excluding ortho intramolecular Hbond substituents is 1. The average molecular weight is 782 g/mol. The predicted molar refractivity (Wildman–Crippen MR) is 188 cm³/mol. The third-order valence-electron chi connectivity index (χ3n) is 10.5. The summed E-state index contributed by atoms with van der Waals surface area (Å²) in [6, 6.07) is 14.1. The number of hydrogen-bond acceptors (Lipinski definition) is 16. The van der Waals surface area contributed by atoms with Crippen LogP contribution < -0.4 is 29.6 Å². The average Bonchev–Trinajstić information content (AvgIpc) is 3.74. The number of carbonyl (C=O) groups is 2. The Labute approximate surface area is 320 Å². The molecular weight excluding hydrogens is 738 g/mol. The van der Waals surface area contributed by atoms with Crippen LogP contribution in [0.2, 0.25) is 0 Å². The van der Waals surface area contributed by atoms with E-state index in [0.29, 0.717) is 47.2 Å². The van der Waals surface area contributed by atoms with Gasteiger partial charge < -0.3 is 68.9 Å². The topological polar surface area (TPSA) is 233 Å². The van der Waals surface area contributed by atoms with Crippen LogP contribution in [0.1, 0.15) is 60.0 Å². The van der Waals surface area contributed by atoms with Gasteiger partial charge in [0.05, 0.1) is 25.2 Å². The van der Waals surface area contributed by atoms with Crippen LogP contribution >= 0.6 is 0 Å². The zero-order valence-corrected chi connectivity index (χ0v) is 30.2. The standard InChI is InChI=1S/C39H43NO16/c40-7-9-47-39-38(34(46)37-36(54-39)26(52-33(45)16-32(43)44)5-4-22(51-37)6-8-41)56-55-27-14-24-28(12-20(27)10-19-2-1-3-21(42)11-19)48-17-25-23-13-30-31(50-18-49-30)15-29(23)53-35(24)25/h1-3,11-15,22,25-26,34-39,41-42,46H,4-10,16-18,40H2,(H,43,44). The highest BCUT2D eigenvalue weighted by atomic mass is 17.2. The maximum atomic E-state index is 12.5. The Morgan fingerprint density at radius 3 is 2.55 bits per heavy atom. The molecule has 2 fully saturated rings. The van der Waals surface area contributed by atoms with Crippen LogP contribution in [0.3, 0.4) is 0 Å². The van der Waals surface area contributed by atoms with E-state index in [-0.39, 0.29) is 63.2 Å². The second kappa shape index (κ2) is 16.3. The van der Waals surface area contributed by atoms with E-state index >= 15 is 0 Å². The lowest BCUT2D eigenvalue weighted by molar-refractivity contribution is -0.379. The van der Waals surface area contributed by atoms with Crippen LogP contribution in [-0.2, 0) is 39.8 Å². The van der Waals surface area contributed by atoms with Crippen LogP contribution in [0.25, 0.3) is 0 Å². The minimum Gasteiger partial charge on any atom is -0.508 e. The molecule has 0 bridgehead atoms. The largest absolute Gasteiger partial charge is 0.508 e. The van der Waals surface area contributed by atoms with E-state index in [1.165, 1.54) is 0 Å². The number of esters is 1. The Morgan fingerprint density at radius 2 is 1.77 bits per heavy atom. The number of aromatic hydroxyl groups is 1. The van der Waals surface area contributed by atoms with Crippen LogP contribution in [0.15, 0.2) is 48.5 Å². The molecule has 3 aromatic rings. The number of aliphatic hydroxyl groups is 2. The quantitative estimate of drug-likeness (QED) is 0.0725. The van der Waals surface area contributed by atoms with Gasteiger partial charge in [0.25, 0.3) is 0 Å². The van der Waals surface area contributed by atoms with Gasteiger partial charge in [-0.05, 0) is 55.2 Å². The molecule has 5 aliphatic rings. The Balaban J connectivity index is 1.10. The van der Waals surface area contributed by atoms with E-state index in [9.17, 15) is 24.9 Å². The van der Waals surface area contributed by atoms with E-state index in [4.69, 9.17) is 58.5 Å². The van der Waals surface area contributed by atoms with Crippen LogP contribution in [-0.4, -0.2) is 108 Å². The molecule has 9 atom stereocenters. The molecular formula is C39H43NO16. The van der Waals surface area contributed by atoms with Gasteiger partial charge in [-0.25, -0.2) is 0 Å². The molecule has 5 aliphatic heterocycles. The number of benzene rings is 3. The zero-order chi connectivity index (χ0) is 38.9. The first kappa shape index (κ1) is 38.0. The normalized spacial score (nSPS) is 28.4. The molecule has 0 aliphatic carbocycles. The summed E-state index contributed by atoms with van der Waals surface area (Å²) < 4.78 is 48.0. The highest BCUT2D eigenvalue weighted by molar-refractivity contribution is 5.90. The Morgan fingerprint density at radius 1 is 0.929 bits per heavy atom. The minimum atomic E-state index is -1.50. The monoisotopic (exact) mass is 781 g/mol.